The topological polar surface area (TPSA) is 40.6 Å². The smallest absolute Gasteiger partial charge is 0.246 e. The number of likely N-dealkylation sites (tertiary alicyclic amines) is 1. The Kier molecular flexibility index (Phi) is 4.66. The third kappa shape index (κ3) is 3.18. The molecule has 0 radical (unpaired) electrons. The molecule has 5 heteroatoms. The van der Waals surface area contributed by atoms with E-state index in [9.17, 15) is 9.59 Å². The molecule has 2 heterocycles. The zero-order valence-corrected chi connectivity index (χ0v) is 16.6. The van der Waals surface area contributed by atoms with Crippen LogP contribution in [-0.4, -0.2) is 51.9 Å². The number of carbonyl (C=O) groups is 2. The molecule has 144 valence electrons. The van der Waals surface area contributed by atoms with E-state index in [-0.39, 0.29) is 23.8 Å². The predicted molar refractivity (Wildman–Crippen MR) is 107 cm³/mol. The molecule has 2 amide bonds. The molecule has 4 aliphatic rings. The Labute approximate surface area is 165 Å². The molecular formula is C22H28N2O2S. The van der Waals surface area contributed by atoms with E-state index in [1.165, 1.54) is 24.8 Å². The molecule has 2 saturated heterocycles. The Morgan fingerprint density at radius 1 is 1.00 bits per heavy atom. The normalized spacial score (nSPS) is 35.2. The van der Waals surface area contributed by atoms with Crippen LogP contribution in [0.25, 0.3) is 0 Å². The standard InChI is InChI=1S/C22H28N2O2S/c25-21(18-13-17(18)15-6-2-1-3-7-15)24-19-9-5-4-8-16(19)12-20(24)22(26)23-10-11-27-14-23/h1-3,6-7,16-20H,4-5,8-14H2/t16-,17-,18?,19-,20-/m0/s1. The summed E-state index contributed by atoms with van der Waals surface area (Å²) in [5, 5.41) is 0. The molecule has 1 aromatic rings. The molecule has 5 atom stereocenters. The highest BCUT2D eigenvalue weighted by Gasteiger charge is 2.54. The highest BCUT2D eigenvalue weighted by Crippen LogP contribution is 2.51. The molecule has 5 rings (SSSR count). The van der Waals surface area contributed by atoms with Crippen molar-refractivity contribution in [2.45, 2.75) is 56.5 Å². The number of carbonyl (C=O) groups excluding carboxylic acids is 2. The van der Waals surface area contributed by atoms with Crippen LogP contribution in [0.4, 0.5) is 0 Å². The summed E-state index contributed by atoms with van der Waals surface area (Å²) in [5.74, 6) is 3.24. The summed E-state index contributed by atoms with van der Waals surface area (Å²) >= 11 is 1.82. The Hall–Kier alpha value is -1.49. The third-order valence-corrected chi connectivity index (χ3v) is 7.99. The summed E-state index contributed by atoms with van der Waals surface area (Å²) in [6, 6.07) is 10.5. The monoisotopic (exact) mass is 384 g/mol. The van der Waals surface area contributed by atoms with Crippen LogP contribution in [0.5, 0.6) is 0 Å². The lowest BCUT2D eigenvalue weighted by Crippen LogP contribution is -2.50. The predicted octanol–water partition coefficient (Wildman–Crippen LogP) is 3.48. The molecule has 4 nitrogen and oxygen atoms in total. The highest BCUT2D eigenvalue weighted by atomic mass is 32.2. The molecule has 1 unspecified atom stereocenters. The van der Waals surface area contributed by atoms with Crippen molar-refractivity contribution in [3.8, 4) is 0 Å². The van der Waals surface area contributed by atoms with Crippen molar-refractivity contribution < 1.29 is 9.59 Å². The lowest BCUT2D eigenvalue weighted by molar-refractivity contribution is -0.145. The maximum Gasteiger partial charge on any atom is 0.246 e. The van der Waals surface area contributed by atoms with Crippen LogP contribution >= 0.6 is 11.8 Å². The molecule has 2 saturated carbocycles. The number of hydrogen-bond donors (Lipinski definition) is 0. The average molecular weight is 385 g/mol. The summed E-state index contributed by atoms with van der Waals surface area (Å²) in [5.41, 5.74) is 1.27. The number of fused-ring (bicyclic) bond motifs is 1. The largest absolute Gasteiger partial charge is 0.331 e. The second kappa shape index (κ2) is 7.16. The second-order valence-corrected chi connectivity index (χ2v) is 9.68. The van der Waals surface area contributed by atoms with Crippen molar-refractivity contribution in [1.29, 1.82) is 0 Å². The van der Waals surface area contributed by atoms with Gasteiger partial charge < -0.3 is 9.80 Å². The fourth-order valence-corrected chi connectivity index (χ4v) is 6.48. The fourth-order valence-electron chi connectivity index (χ4n) is 5.52. The van der Waals surface area contributed by atoms with Crippen LogP contribution in [0.1, 0.15) is 50.0 Å². The lowest BCUT2D eigenvalue weighted by atomic mass is 9.84. The first-order valence-corrected chi connectivity index (χ1v) is 11.6. The number of thioether (sulfide) groups is 1. The summed E-state index contributed by atoms with van der Waals surface area (Å²) < 4.78 is 0. The zero-order valence-electron chi connectivity index (χ0n) is 15.8. The number of amides is 2. The van der Waals surface area contributed by atoms with E-state index in [0.29, 0.717) is 17.9 Å². The van der Waals surface area contributed by atoms with Gasteiger partial charge in [-0.25, -0.2) is 0 Å². The van der Waals surface area contributed by atoms with Crippen molar-refractivity contribution in [2.75, 3.05) is 18.2 Å². The first-order chi connectivity index (χ1) is 13.2. The second-order valence-electron chi connectivity index (χ2n) is 8.61. The number of hydrogen-bond acceptors (Lipinski definition) is 3. The number of rotatable bonds is 3. The first kappa shape index (κ1) is 17.6. The minimum atomic E-state index is -0.207. The summed E-state index contributed by atoms with van der Waals surface area (Å²) in [7, 11) is 0. The molecule has 0 N–H and O–H groups in total. The molecular weight excluding hydrogens is 356 g/mol. The van der Waals surface area contributed by atoms with Crippen molar-refractivity contribution in [3.05, 3.63) is 35.9 Å². The molecule has 0 aromatic heterocycles. The van der Waals surface area contributed by atoms with Gasteiger partial charge in [-0.05, 0) is 43.1 Å². The van der Waals surface area contributed by atoms with E-state index >= 15 is 0 Å². The van der Waals surface area contributed by atoms with E-state index in [0.717, 1.165) is 37.4 Å². The fraction of sp³-hybridized carbons (Fsp3) is 0.636. The third-order valence-electron chi connectivity index (χ3n) is 7.03. The summed E-state index contributed by atoms with van der Waals surface area (Å²) in [6.45, 7) is 0.841. The van der Waals surface area contributed by atoms with E-state index in [1.54, 1.807) is 0 Å². The van der Waals surface area contributed by atoms with E-state index in [2.05, 4.69) is 29.2 Å². The Morgan fingerprint density at radius 2 is 1.81 bits per heavy atom. The Balaban J connectivity index is 1.37. The van der Waals surface area contributed by atoms with Gasteiger partial charge in [0.2, 0.25) is 11.8 Å². The molecule has 2 aliphatic heterocycles. The quantitative estimate of drug-likeness (QED) is 0.801. The van der Waals surface area contributed by atoms with Gasteiger partial charge in [0, 0.05) is 24.3 Å². The average Bonchev–Trinajstić information content (AvgIpc) is 3.14. The Morgan fingerprint density at radius 3 is 2.59 bits per heavy atom. The van der Waals surface area contributed by atoms with Gasteiger partial charge in [-0.15, -0.1) is 11.8 Å². The number of benzene rings is 1. The summed E-state index contributed by atoms with van der Waals surface area (Å²) in [6.07, 6.45) is 6.53. The van der Waals surface area contributed by atoms with E-state index in [4.69, 9.17) is 0 Å². The lowest BCUT2D eigenvalue weighted by Gasteiger charge is -2.34. The van der Waals surface area contributed by atoms with Gasteiger partial charge in [-0.1, -0.05) is 43.2 Å². The van der Waals surface area contributed by atoms with E-state index in [1.807, 2.05) is 22.7 Å². The maximum atomic E-state index is 13.5. The van der Waals surface area contributed by atoms with Gasteiger partial charge in [0.15, 0.2) is 0 Å². The molecule has 4 fully saturated rings. The van der Waals surface area contributed by atoms with Gasteiger partial charge in [0.25, 0.3) is 0 Å². The zero-order chi connectivity index (χ0) is 18.4. The molecule has 0 spiro atoms. The van der Waals surface area contributed by atoms with Crippen molar-refractivity contribution in [2.24, 2.45) is 11.8 Å². The van der Waals surface area contributed by atoms with Crippen LogP contribution < -0.4 is 0 Å². The molecule has 0 bridgehead atoms. The van der Waals surface area contributed by atoms with Gasteiger partial charge in [-0.3, -0.25) is 9.59 Å². The van der Waals surface area contributed by atoms with Gasteiger partial charge >= 0.3 is 0 Å². The van der Waals surface area contributed by atoms with E-state index < -0.39 is 0 Å². The van der Waals surface area contributed by atoms with Crippen molar-refractivity contribution in [1.82, 2.24) is 9.80 Å². The molecule has 27 heavy (non-hydrogen) atoms. The van der Waals surface area contributed by atoms with Gasteiger partial charge in [0.05, 0.1) is 5.88 Å². The molecule has 1 aromatic carbocycles. The van der Waals surface area contributed by atoms with Crippen LogP contribution in [0.2, 0.25) is 0 Å². The Bertz CT molecular complexity index is 718. The number of nitrogens with zero attached hydrogens (tertiary/aromatic N) is 2. The minimum Gasteiger partial charge on any atom is -0.331 e. The maximum absolute atomic E-state index is 13.5. The van der Waals surface area contributed by atoms with Crippen LogP contribution in [0.3, 0.4) is 0 Å². The van der Waals surface area contributed by atoms with Gasteiger partial charge in [0.1, 0.15) is 6.04 Å². The summed E-state index contributed by atoms with van der Waals surface area (Å²) in [4.78, 5) is 30.8. The highest BCUT2D eigenvalue weighted by molar-refractivity contribution is 7.99. The van der Waals surface area contributed by atoms with Crippen molar-refractivity contribution >= 4 is 23.6 Å². The van der Waals surface area contributed by atoms with Crippen LogP contribution in [0, 0.1) is 11.8 Å². The van der Waals surface area contributed by atoms with Crippen molar-refractivity contribution in [3.63, 3.8) is 0 Å². The first-order valence-electron chi connectivity index (χ1n) is 10.5. The van der Waals surface area contributed by atoms with Crippen LogP contribution in [0.15, 0.2) is 30.3 Å². The SMILES string of the molecule is O=C([C@@H]1C[C@@H]2CCCC[C@@H]2N1C(=O)C1C[C@H]1c1ccccc1)N1CCSC1. The molecule has 2 aliphatic carbocycles. The van der Waals surface area contributed by atoms with Crippen LogP contribution in [-0.2, 0) is 9.59 Å². The minimum absolute atomic E-state index is 0.0799. The van der Waals surface area contributed by atoms with Gasteiger partial charge in [-0.2, -0.15) is 0 Å².